The van der Waals surface area contributed by atoms with Crippen molar-refractivity contribution in [3.05, 3.63) is 51.1 Å². The predicted octanol–water partition coefficient (Wildman–Crippen LogP) is 1.51. The second-order valence-electron chi connectivity index (χ2n) is 4.84. The number of nitro groups is 1. The van der Waals surface area contributed by atoms with E-state index in [2.05, 4.69) is 10.6 Å². The molecule has 0 fully saturated rings. The number of carboxylic acid groups (broad SMARTS) is 1. The van der Waals surface area contributed by atoms with Gasteiger partial charge >= 0.3 is 5.97 Å². The Kier molecular flexibility index (Phi) is 7.54. The van der Waals surface area contributed by atoms with Gasteiger partial charge in [0.05, 0.1) is 16.5 Å². The van der Waals surface area contributed by atoms with Crippen LogP contribution in [-0.2, 0) is 9.59 Å². The minimum atomic E-state index is -1.22. The van der Waals surface area contributed by atoms with Crippen LogP contribution in [0.2, 0.25) is 5.02 Å². The van der Waals surface area contributed by atoms with Crippen LogP contribution in [0.25, 0.3) is 0 Å². The molecule has 0 saturated heterocycles. The molecule has 3 N–H and O–H groups in total. The number of nitro benzene ring substituents is 1. The maximum absolute atomic E-state index is 12.1. The molecule has 25 heavy (non-hydrogen) atoms. The lowest BCUT2D eigenvalue weighted by molar-refractivity contribution is -0.385. The molecular weight excluding hydrogens is 354 g/mol. The number of aliphatic carboxylic acids is 1. The highest BCUT2D eigenvalue weighted by Crippen LogP contribution is 2.25. The smallest absolute Gasteiger partial charge is 0.326 e. The van der Waals surface area contributed by atoms with Crippen molar-refractivity contribution in [2.24, 2.45) is 0 Å². The van der Waals surface area contributed by atoms with Crippen LogP contribution < -0.4 is 10.6 Å². The fraction of sp³-hybridized carbons (Fsp3) is 0.267. The monoisotopic (exact) mass is 369 g/mol. The quantitative estimate of drug-likeness (QED) is 0.360. The van der Waals surface area contributed by atoms with Gasteiger partial charge in [-0.2, -0.15) is 0 Å². The van der Waals surface area contributed by atoms with Gasteiger partial charge in [-0.3, -0.25) is 19.7 Å². The molecule has 0 aliphatic rings. The zero-order chi connectivity index (χ0) is 19.0. The molecule has 2 amide bonds. The molecule has 0 aliphatic carbocycles. The van der Waals surface area contributed by atoms with E-state index in [-0.39, 0.29) is 17.0 Å². The van der Waals surface area contributed by atoms with Crippen LogP contribution in [0.4, 0.5) is 5.69 Å². The molecule has 1 rings (SSSR count). The Balaban J connectivity index is 2.75. The Labute approximate surface area is 147 Å². The van der Waals surface area contributed by atoms with E-state index in [9.17, 15) is 24.5 Å². The average molecular weight is 370 g/mol. The third kappa shape index (κ3) is 5.88. The van der Waals surface area contributed by atoms with Gasteiger partial charge in [0.25, 0.3) is 11.6 Å². The molecule has 10 heteroatoms. The highest BCUT2D eigenvalue weighted by Gasteiger charge is 2.24. The van der Waals surface area contributed by atoms with Crippen LogP contribution in [0.5, 0.6) is 0 Å². The first-order chi connectivity index (χ1) is 11.8. The number of nitrogens with zero attached hydrogens (tertiary/aromatic N) is 1. The maximum atomic E-state index is 12.1. The van der Waals surface area contributed by atoms with Gasteiger partial charge in [0.2, 0.25) is 5.91 Å². The summed E-state index contributed by atoms with van der Waals surface area (Å²) in [4.78, 5) is 45.1. The molecule has 134 valence electrons. The van der Waals surface area contributed by atoms with E-state index >= 15 is 0 Å². The van der Waals surface area contributed by atoms with Crippen molar-refractivity contribution >= 4 is 35.1 Å². The van der Waals surface area contributed by atoms with Gasteiger partial charge in [-0.05, 0) is 19.4 Å². The van der Waals surface area contributed by atoms with E-state index in [1.54, 1.807) is 19.1 Å². The van der Waals surface area contributed by atoms with Crippen molar-refractivity contribution in [3.8, 4) is 0 Å². The first kappa shape index (κ1) is 20.1. The molecule has 0 radical (unpaired) electrons. The maximum Gasteiger partial charge on any atom is 0.326 e. The van der Waals surface area contributed by atoms with E-state index in [1.165, 1.54) is 12.1 Å². The van der Waals surface area contributed by atoms with Crippen LogP contribution in [0.3, 0.4) is 0 Å². The first-order valence-corrected chi connectivity index (χ1v) is 7.50. The summed E-state index contributed by atoms with van der Waals surface area (Å²) in [6.07, 6.45) is 3.30. The zero-order valence-electron chi connectivity index (χ0n) is 13.2. The van der Waals surface area contributed by atoms with Crippen LogP contribution in [0.15, 0.2) is 30.4 Å². The number of hydrogen-bond donors (Lipinski definition) is 3. The number of carbonyl (C=O) groups is 3. The van der Waals surface area contributed by atoms with Crippen molar-refractivity contribution < 1.29 is 24.4 Å². The number of benzene rings is 1. The molecule has 0 aliphatic heterocycles. The standard InChI is InChI=1S/C15H16ClN3O6/c1-2-3-6-10(15(22)23)18-12(20)8-17-14(21)13-9(16)5-4-7-11(13)19(24)25/h2-5,7,10H,6,8H2,1H3,(H,17,21)(H,18,20)(H,22,23)/b3-2+. The largest absolute Gasteiger partial charge is 0.480 e. The lowest BCUT2D eigenvalue weighted by atomic mass is 10.1. The van der Waals surface area contributed by atoms with Crippen LogP contribution in [0, 0.1) is 10.1 Å². The minimum Gasteiger partial charge on any atom is -0.480 e. The van der Waals surface area contributed by atoms with Gasteiger partial charge in [0.15, 0.2) is 0 Å². The Bertz CT molecular complexity index is 719. The van der Waals surface area contributed by atoms with Crippen molar-refractivity contribution in [1.82, 2.24) is 10.6 Å². The van der Waals surface area contributed by atoms with E-state index in [1.807, 2.05) is 0 Å². The SMILES string of the molecule is C/C=C/CC(NC(=O)CNC(=O)c1c(Cl)cccc1[N+](=O)[O-])C(=O)O. The number of hydrogen-bond acceptors (Lipinski definition) is 5. The molecule has 0 spiro atoms. The molecular formula is C15H16ClN3O6. The summed E-state index contributed by atoms with van der Waals surface area (Å²) in [5.41, 5.74) is -0.868. The van der Waals surface area contributed by atoms with E-state index in [0.29, 0.717) is 0 Å². The minimum absolute atomic E-state index is 0.0848. The predicted molar refractivity (Wildman–Crippen MR) is 89.4 cm³/mol. The molecule has 0 aromatic heterocycles. The second-order valence-corrected chi connectivity index (χ2v) is 5.24. The lowest BCUT2D eigenvalue weighted by Crippen LogP contribution is -2.45. The Hall–Kier alpha value is -2.94. The molecule has 1 atom stereocenters. The summed E-state index contributed by atoms with van der Waals surface area (Å²) in [5, 5.41) is 24.3. The molecule has 1 unspecified atom stereocenters. The summed E-state index contributed by atoms with van der Waals surface area (Å²) >= 11 is 5.82. The normalized spacial score (nSPS) is 11.8. The van der Waals surface area contributed by atoms with E-state index in [0.717, 1.165) is 6.07 Å². The van der Waals surface area contributed by atoms with Crippen molar-refractivity contribution in [2.75, 3.05) is 6.54 Å². The van der Waals surface area contributed by atoms with Crippen molar-refractivity contribution in [1.29, 1.82) is 0 Å². The van der Waals surface area contributed by atoms with Crippen LogP contribution >= 0.6 is 11.6 Å². The van der Waals surface area contributed by atoms with Gasteiger partial charge < -0.3 is 15.7 Å². The number of halogens is 1. The Morgan fingerprint density at radius 1 is 1.40 bits per heavy atom. The number of carbonyl (C=O) groups excluding carboxylic acids is 2. The Morgan fingerprint density at radius 3 is 2.64 bits per heavy atom. The van der Waals surface area contributed by atoms with Gasteiger partial charge in [-0.25, -0.2) is 4.79 Å². The second kappa shape index (κ2) is 9.38. The summed E-state index contributed by atoms with van der Waals surface area (Å²) in [5.74, 6) is -2.88. The van der Waals surface area contributed by atoms with Crippen molar-refractivity contribution in [3.63, 3.8) is 0 Å². The summed E-state index contributed by atoms with van der Waals surface area (Å²) in [6, 6.07) is 2.59. The fourth-order valence-electron chi connectivity index (χ4n) is 1.88. The molecule has 0 heterocycles. The third-order valence-electron chi connectivity index (χ3n) is 3.07. The van der Waals surface area contributed by atoms with Gasteiger partial charge in [0, 0.05) is 6.07 Å². The summed E-state index contributed by atoms with van der Waals surface area (Å²) < 4.78 is 0. The van der Waals surface area contributed by atoms with E-state index < -0.39 is 41.0 Å². The number of nitrogens with one attached hydrogen (secondary N) is 2. The first-order valence-electron chi connectivity index (χ1n) is 7.12. The molecule has 9 nitrogen and oxygen atoms in total. The molecule has 1 aromatic rings. The highest BCUT2D eigenvalue weighted by molar-refractivity contribution is 6.34. The van der Waals surface area contributed by atoms with Crippen molar-refractivity contribution in [2.45, 2.75) is 19.4 Å². The number of amides is 2. The van der Waals surface area contributed by atoms with Crippen LogP contribution in [0.1, 0.15) is 23.7 Å². The number of carboxylic acids is 1. The topological polar surface area (TPSA) is 139 Å². The third-order valence-corrected chi connectivity index (χ3v) is 3.38. The summed E-state index contributed by atoms with van der Waals surface area (Å²) in [6.45, 7) is 1.15. The molecule has 0 saturated carbocycles. The summed E-state index contributed by atoms with van der Waals surface area (Å²) in [7, 11) is 0. The van der Waals surface area contributed by atoms with Crippen LogP contribution in [-0.4, -0.2) is 40.4 Å². The van der Waals surface area contributed by atoms with E-state index in [4.69, 9.17) is 16.7 Å². The Morgan fingerprint density at radius 2 is 2.08 bits per heavy atom. The number of rotatable bonds is 8. The van der Waals surface area contributed by atoms with Gasteiger partial charge in [0.1, 0.15) is 11.6 Å². The average Bonchev–Trinajstić information content (AvgIpc) is 2.55. The molecule has 0 bridgehead atoms. The number of allylic oxidation sites excluding steroid dienone is 1. The fourth-order valence-corrected chi connectivity index (χ4v) is 2.13. The molecule has 1 aromatic carbocycles. The van der Waals surface area contributed by atoms with Gasteiger partial charge in [-0.15, -0.1) is 0 Å². The van der Waals surface area contributed by atoms with Gasteiger partial charge in [-0.1, -0.05) is 29.8 Å². The zero-order valence-corrected chi connectivity index (χ0v) is 13.9. The highest BCUT2D eigenvalue weighted by atomic mass is 35.5. The lowest BCUT2D eigenvalue weighted by Gasteiger charge is -2.13.